The van der Waals surface area contributed by atoms with Gasteiger partial charge in [-0.05, 0) is 6.26 Å². The zero-order chi connectivity index (χ0) is 8.59. The fourth-order valence-corrected chi connectivity index (χ4v) is 2.26. The van der Waals surface area contributed by atoms with E-state index < -0.39 is 24.4 Å². The maximum atomic E-state index is 9.29. The largest absolute Gasteiger partial charge is 0.389 e. The first-order chi connectivity index (χ1) is 5.09. The van der Waals surface area contributed by atoms with Crippen molar-refractivity contribution in [3.05, 3.63) is 0 Å². The van der Waals surface area contributed by atoms with Crippen LogP contribution < -0.4 is 5.73 Å². The monoisotopic (exact) mass is 179 g/mol. The number of aliphatic hydroxyl groups excluding tert-OH is 3. The summed E-state index contributed by atoms with van der Waals surface area (Å²) in [5, 5.41) is 27.4. The van der Waals surface area contributed by atoms with E-state index in [1.165, 1.54) is 11.8 Å². The van der Waals surface area contributed by atoms with Gasteiger partial charge in [0.2, 0.25) is 0 Å². The summed E-state index contributed by atoms with van der Waals surface area (Å²) in [4.78, 5) is 0. The van der Waals surface area contributed by atoms with E-state index in [9.17, 15) is 10.2 Å². The molecule has 0 aromatic rings. The molecule has 0 amide bonds. The Morgan fingerprint density at radius 2 is 1.64 bits per heavy atom. The summed E-state index contributed by atoms with van der Waals surface area (Å²) in [6, 6.07) is -0.532. The molecule has 1 aliphatic rings. The molecule has 0 radical (unpaired) electrons. The minimum atomic E-state index is -1.09. The van der Waals surface area contributed by atoms with Gasteiger partial charge in [0.05, 0.1) is 17.5 Å². The smallest absolute Gasteiger partial charge is 0.108 e. The van der Waals surface area contributed by atoms with Crippen molar-refractivity contribution >= 4 is 11.8 Å². The Kier molecular flexibility index (Phi) is 2.77. The summed E-state index contributed by atoms with van der Waals surface area (Å²) in [6.07, 6.45) is -1.21. The number of nitrogens with two attached hydrogens (primary N) is 1. The van der Waals surface area contributed by atoms with Crippen LogP contribution >= 0.6 is 11.8 Å². The molecule has 0 aliphatic heterocycles. The van der Waals surface area contributed by atoms with Gasteiger partial charge in [-0.15, -0.1) is 0 Å². The summed E-state index contributed by atoms with van der Waals surface area (Å²) in [7, 11) is 0. The molecule has 0 aromatic carbocycles. The van der Waals surface area contributed by atoms with Crippen molar-refractivity contribution in [2.24, 2.45) is 5.73 Å². The van der Waals surface area contributed by atoms with Crippen LogP contribution in [0.1, 0.15) is 0 Å². The van der Waals surface area contributed by atoms with Gasteiger partial charge < -0.3 is 21.1 Å². The number of aliphatic hydroxyl groups is 3. The van der Waals surface area contributed by atoms with E-state index in [0.717, 1.165) is 0 Å². The molecular formula is C6H13NO3S. The zero-order valence-corrected chi connectivity index (χ0v) is 7.03. The van der Waals surface area contributed by atoms with Gasteiger partial charge in [-0.3, -0.25) is 0 Å². The molecule has 1 aliphatic carbocycles. The Hall–Kier alpha value is 0.190. The Morgan fingerprint density at radius 1 is 1.09 bits per heavy atom. The number of hydrogen-bond acceptors (Lipinski definition) is 5. The van der Waals surface area contributed by atoms with Gasteiger partial charge in [-0.1, -0.05) is 0 Å². The van der Waals surface area contributed by atoms with Crippen LogP contribution in [0.4, 0.5) is 0 Å². The predicted molar refractivity (Wildman–Crippen MR) is 43.3 cm³/mol. The van der Waals surface area contributed by atoms with Crippen LogP contribution in [-0.2, 0) is 0 Å². The van der Waals surface area contributed by atoms with Crippen molar-refractivity contribution in [1.29, 1.82) is 0 Å². The fourth-order valence-electron chi connectivity index (χ4n) is 1.34. The molecule has 0 saturated heterocycles. The minimum Gasteiger partial charge on any atom is -0.389 e. The SMILES string of the molecule is CS[C@H]1[C@H](O)[C@H](O)C(O)[C@@H]1N. The lowest BCUT2D eigenvalue weighted by molar-refractivity contribution is -0.0198. The maximum absolute atomic E-state index is 9.29. The molecule has 1 saturated carbocycles. The molecular weight excluding hydrogens is 166 g/mol. The molecule has 11 heavy (non-hydrogen) atoms. The van der Waals surface area contributed by atoms with E-state index in [1.807, 2.05) is 0 Å². The molecule has 0 heterocycles. The van der Waals surface area contributed by atoms with Crippen LogP contribution in [0.5, 0.6) is 0 Å². The highest BCUT2D eigenvalue weighted by Gasteiger charge is 2.46. The quantitative estimate of drug-likeness (QED) is 0.379. The molecule has 0 spiro atoms. The van der Waals surface area contributed by atoms with Crippen LogP contribution in [0, 0.1) is 0 Å². The second-order valence-electron chi connectivity index (χ2n) is 2.75. The summed E-state index contributed by atoms with van der Waals surface area (Å²) in [6.45, 7) is 0. The molecule has 1 fully saturated rings. The van der Waals surface area contributed by atoms with Crippen molar-refractivity contribution in [3.8, 4) is 0 Å². The third kappa shape index (κ3) is 1.39. The van der Waals surface area contributed by atoms with Gasteiger partial charge in [0.1, 0.15) is 6.10 Å². The van der Waals surface area contributed by atoms with Crippen molar-refractivity contribution in [2.45, 2.75) is 29.6 Å². The lowest BCUT2D eigenvalue weighted by atomic mass is 10.2. The molecule has 1 rings (SSSR count). The van der Waals surface area contributed by atoms with E-state index >= 15 is 0 Å². The zero-order valence-electron chi connectivity index (χ0n) is 6.21. The highest BCUT2D eigenvalue weighted by Crippen LogP contribution is 2.28. The van der Waals surface area contributed by atoms with Crippen molar-refractivity contribution in [3.63, 3.8) is 0 Å². The summed E-state index contributed by atoms with van der Waals surface area (Å²) in [5.74, 6) is 0. The van der Waals surface area contributed by atoms with Crippen LogP contribution in [-0.4, -0.2) is 51.2 Å². The van der Waals surface area contributed by atoms with Gasteiger partial charge in [0.25, 0.3) is 0 Å². The molecule has 5 atom stereocenters. The maximum Gasteiger partial charge on any atom is 0.108 e. The molecule has 5 heteroatoms. The van der Waals surface area contributed by atoms with E-state index in [0.29, 0.717) is 0 Å². The Balaban J connectivity index is 2.69. The van der Waals surface area contributed by atoms with Crippen LogP contribution in [0.25, 0.3) is 0 Å². The van der Waals surface area contributed by atoms with Crippen LogP contribution in [0.3, 0.4) is 0 Å². The third-order valence-corrected chi connectivity index (χ3v) is 3.22. The normalized spacial score (nSPS) is 51.5. The number of hydrogen-bond donors (Lipinski definition) is 4. The summed E-state index contributed by atoms with van der Waals surface area (Å²) in [5.41, 5.74) is 5.52. The lowest BCUT2D eigenvalue weighted by Crippen LogP contribution is -2.39. The Morgan fingerprint density at radius 3 is 1.82 bits per heavy atom. The van der Waals surface area contributed by atoms with Gasteiger partial charge >= 0.3 is 0 Å². The van der Waals surface area contributed by atoms with E-state index in [4.69, 9.17) is 10.8 Å². The Labute approximate surface area is 69.4 Å². The van der Waals surface area contributed by atoms with Crippen LogP contribution in [0.2, 0.25) is 0 Å². The second kappa shape index (κ2) is 3.28. The van der Waals surface area contributed by atoms with Crippen molar-refractivity contribution in [1.82, 2.24) is 0 Å². The first kappa shape index (κ1) is 9.28. The number of thioether (sulfide) groups is 1. The topological polar surface area (TPSA) is 86.7 Å². The van der Waals surface area contributed by atoms with E-state index in [-0.39, 0.29) is 5.25 Å². The second-order valence-corrected chi connectivity index (χ2v) is 3.77. The standard InChI is InChI=1S/C6H13NO3S/c1-11-6-2(7)3(8)4(9)5(6)10/h2-6,8-10H,7H2,1H3/t2-,3?,4+,5+,6+/m0/s1. The third-order valence-electron chi connectivity index (χ3n) is 2.08. The van der Waals surface area contributed by atoms with Gasteiger partial charge in [0, 0.05) is 6.04 Å². The van der Waals surface area contributed by atoms with E-state index in [1.54, 1.807) is 6.26 Å². The highest BCUT2D eigenvalue weighted by atomic mass is 32.2. The predicted octanol–water partition coefficient (Wildman–Crippen LogP) is -1.86. The minimum absolute atomic E-state index is 0.264. The van der Waals surface area contributed by atoms with Crippen molar-refractivity contribution < 1.29 is 15.3 Å². The Bertz CT molecular complexity index is 132. The average molecular weight is 179 g/mol. The van der Waals surface area contributed by atoms with Gasteiger partial charge in [0.15, 0.2) is 0 Å². The van der Waals surface area contributed by atoms with Crippen LogP contribution in [0.15, 0.2) is 0 Å². The first-order valence-corrected chi connectivity index (χ1v) is 4.71. The molecule has 0 bridgehead atoms. The lowest BCUT2D eigenvalue weighted by Gasteiger charge is -2.15. The highest BCUT2D eigenvalue weighted by molar-refractivity contribution is 7.99. The molecule has 5 N–H and O–H groups in total. The molecule has 66 valence electrons. The van der Waals surface area contributed by atoms with E-state index in [2.05, 4.69) is 0 Å². The molecule has 0 aromatic heterocycles. The average Bonchev–Trinajstić information content (AvgIpc) is 2.17. The fraction of sp³-hybridized carbons (Fsp3) is 1.00. The van der Waals surface area contributed by atoms with Gasteiger partial charge in [-0.25, -0.2) is 0 Å². The molecule has 1 unspecified atom stereocenters. The summed E-state index contributed by atoms with van der Waals surface area (Å²) >= 11 is 1.36. The van der Waals surface area contributed by atoms with Crippen molar-refractivity contribution in [2.75, 3.05) is 6.26 Å². The van der Waals surface area contributed by atoms with Gasteiger partial charge in [-0.2, -0.15) is 11.8 Å². The summed E-state index contributed by atoms with van der Waals surface area (Å²) < 4.78 is 0. The molecule has 4 nitrogen and oxygen atoms in total. The first-order valence-electron chi connectivity index (χ1n) is 3.42. The number of rotatable bonds is 1.